The number of benzene rings is 1. The number of nitriles is 1. The number of aromatic nitrogens is 2. The fraction of sp³-hybridized carbons (Fsp3) is 0.375. The molecule has 0 spiro atoms. The van der Waals surface area contributed by atoms with Crippen LogP contribution < -0.4 is 0 Å². The van der Waals surface area contributed by atoms with Gasteiger partial charge in [0.15, 0.2) is 6.79 Å². The number of amides is 1. The summed E-state index contributed by atoms with van der Waals surface area (Å²) in [5.74, 6) is -0.913. The van der Waals surface area contributed by atoms with Crippen LogP contribution in [-0.4, -0.2) is 48.5 Å². The lowest BCUT2D eigenvalue weighted by Crippen LogP contribution is -2.39. The smallest absolute Gasteiger partial charge is 0.296 e. The molecule has 1 aromatic carbocycles. The van der Waals surface area contributed by atoms with Crippen molar-refractivity contribution in [3.63, 3.8) is 0 Å². The second-order valence-electron chi connectivity index (χ2n) is 9.46. The van der Waals surface area contributed by atoms with E-state index in [0.717, 1.165) is 22.5 Å². The van der Waals surface area contributed by atoms with E-state index in [1.165, 1.54) is 11.1 Å². The van der Waals surface area contributed by atoms with E-state index in [0.29, 0.717) is 37.4 Å². The van der Waals surface area contributed by atoms with Crippen molar-refractivity contribution >= 4 is 36.5 Å². The minimum Gasteiger partial charge on any atom is -0.353 e. The topological polar surface area (TPSA) is 80.4 Å². The van der Waals surface area contributed by atoms with Gasteiger partial charge in [-0.05, 0) is 35.7 Å². The molecule has 3 aromatic rings. The minimum atomic E-state index is -1.18. The van der Waals surface area contributed by atoms with Gasteiger partial charge in [0.2, 0.25) is 0 Å². The van der Waals surface area contributed by atoms with Crippen LogP contribution in [0.1, 0.15) is 27.2 Å². The molecule has 34 heavy (non-hydrogen) atoms. The number of ether oxygens (including phenoxy) is 1. The Bertz CT molecular complexity index is 1280. The summed E-state index contributed by atoms with van der Waals surface area (Å²) in [7, 11) is -1.18. The number of pyridine rings is 1. The average Bonchev–Trinajstić information content (AvgIpc) is 3.20. The van der Waals surface area contributed by atoms with Crippen molar-refractivity contribution in [2.75, 3.05) is 19.9 Å². The molecule has 0 unspecified atom stereocenters. The van der Waals surface area contributed by atoms with Crippen LogP contribution in [0.3, 0.4) is 0 Å². The summed E-state index contributed by atoms with van der Waals surface area (Å²) in [6, 6.07) is 7.76. The van der Waals surface area contributed by atoms with Crippen LogP contribution in [0.4, 0.5) is 4.39 Å². The largest absolute Gasteiger partial charge is 0.353 e. The van der Waals surface area contributed by atoms with E-state index < -0.39 is 13.9 Å². The van der Waals surface area contributed by atoms with E-state index >= 15 is 0 Å². The van der Waals surface area contributed by atoms with Gasteiger partial charge in [0.25, 0.3) is 5.91 Å². The van der Waals surface area contributed by atoms with E-state index in [4.69, 9.17) is 21.2 Å². The summed E-state index contributed by atoms with van der Waals surface area (Å²) in [5.41, 5.74) is 2.76. The van der Waals surface area contributed by atoms with E-state index in [9.17, 15) is 14.4 Å². The molecule has 178 valence electrons. The monoisotopic (exact) mass is 500 g/mol. The molecule has 0 N–H and O–H groups in total. The highest BCUT2D eigenvalue weighted by atomic mass is 35.5. The molecule has 0 saturated heterocycles. The first kappa shape index (κ1) is 24.4. The molecule has 10 heteroatoms. The first-order valence-corrected chi connectivity index (χ1v) is 15.1. The molecule has 7 nitrogen and oxygen atoms in total. The summed E-state index contributed by atoms with van der Waals surface area (Å²) < 4.78 is 21.2. The van der Waals surface area contributed by atoms with Crippen molar-refractivity contribution < 1.29 is 18.8 Å². The lowest BCUT2D eigenvalue weighted by molar-refractivity contribution is -0.195. The SMILES string of the molecule is C[Si](C)(C)CCOCON1CCc2c(ncc3c2ccn3Cc2ccc(F)c(Cl)c2C#N)C1=O. The van der Waals surface area contributed by atoms with Gasteiger partial charge in [0.1, 0.15) is 17.6 Å². The normalized spacial score (nSPS) is 13.9. The number of fused-ring (bicyclic) bond motifs is 3. The summed E-state index contributed by atoms with van der Waals surface area (Å²) in [5, 5.41) is 11.5. The van der Waals surface area contributed by atoms with Crippen LogP contribution >= 0.6 is 11.6 Å². The maximum atomic E-state index is 13.7. The van der Waals surface area contributed by atoms with Gasteiger partial charge in [0, 0.05) is 32.8 Å². The number of carbonyl (C=O) groups excluding carboxylic acids is 1. The quantitative estimate of drug-likeness (QED) is 0.247. The molecule has 2 aromatic heterocycles. The Morgan fingerprint density at radius 2 is 2.09 bits per heavy atom. The van der Waals surface area contributed by atoms with E-state index in [-0.39, 0.29) is 23.3 Å². The summed E-state index contributed by atoms with van der Waals surface area (Å²) in [6.45, 7) is 8.21. The second-order valence-corrected chi connectivity index (χ2v) is 15.5. The Labute approximate surface area is 203 Å². The number of halogens is 2. The molecule has 1 amide bonds. The molecule has 0 atom stereocenters. The number of nitrogens with zero attached hydrogens (tertiary/aromatic N) is 4. The molecule has 0 bridgehead atoms. The van der Waals surface area contributed by atoms with Crippen molar-refractivity contribution in [3.05, 3.63) is 63.8 Å². The van der Waals surface area contributed by atoms with Gasteiger partial charge in [-0.3, -0.25) is 4.79 Å². The summed E-state index contributed by atoms with van der Waals surface area (Å²) in [6.07, 6.45) is 4.10. The Balaban J connectivity index is 1.50. The van der Waals surface area contributed by atoms with Gasteiger partial charge in [-0.25, -0.2) is 19.3 Å². The van der Waals surface area contributed by atoms with Crippen LogP contribution in [0.2, 0.25) is 30.7 Å². The van der Waals surface area contributed by atoms with Gasteiger partial charge in [-0.15, -0.1) is 0 Å². The van der Waals surface area contributed by atoms with Crippen LogP contribution in [0.5, 0.6) is 0 Å². The predicted octanol–water partition coefficient (Wildman–Crippen LogP) is 4.99. The van der Waals surface area contributed by atoms with Crippen molar-refractivity contribution in [3.8, 4) is 6.07 Å². The maximum absolute atomic E-state index is 13.7. The summed E-state index contributed by atoms with van der Waals surface area (Å²) in [4.78, 5) is 22.9. The third-order valence-corrected chi connectivity index (χ3v) is 7.92. The Kier molecular flexibility index (Phi) is 7.05. The van der Waals surface area contributed by atoms with E-state index in [1.807, 2.05) is 22.9 Å². The average molecular weight is 501 g/mol. The number of hydrogen-bond donors (Lipinski definition) is 0. The molecular weight excluding hydrogens is 475 g/mol. The molecular formula is C24H26ClFN4O3Si. The second kappa shape index (κ2) is 9.84. The predicted molar refractivity (Wildman–Crippen MR) is 130 cm³/mol. The highest BCUT2D eigenvalue weighted by molar-refractivity contribution is 6.76. The number of rotatable bonds is 8. The van der Waals surface area contributed by atoms with Crippen LogP contribution in [0.25, 0.3) is 10.9 Å². The first-order chi connectivity index (χ1) is 16.2. The molecule has 3 heterocycles. The van der Waals surface area contributed by atoms with E-state index in [2.05, 4.69) is 24.6 Å². The minimum absolute atomic E-state index is 0.0334. The molecule has 0 fully saturated rings. The van der Waals surface area contributed by atoms with Gasteiger partial charge in [-0.2, -0.15) is 5.26 Å². The molecule has 4 rings (SSSR count). The zero-order valence-electron chi connectivity index (χ0n) is 19.4. The summed E-state index contributed by atoms with van der Waals surface area (Å²) >= 11 is 5.97. The molecule has 0 radical (unpaired) electrons. The fourth-order valence-corrected chi connectivity index (χ4v) is 4.89. The Morgan fingerprint density at radius 3 is 2.82 bits per heavy atom. The number of hydrogen-bond acceptors (Lipinski definition) is 5. The van der Waals surface area contributed by atoms with Gasteiger partial charge >= 0.3 is 0 Å². The van der Waals surface area contributed by atoms with Gasteiger partial charge in [0.05, 0.1) is 28.8 Å². The van der Waals surface area contributed by atoms with Crippen LogP contribution in [-0.2, 0) is 22.5 Å². The van der Waals surface area contributed by atoms with Crippen molar-refractivity contribution in [1.29, 1.82) is 5.26 Å². The van der Waals surface area contributed by atoms with Crippen molar-refractivity contribution in [1.82, 2.24) is 14.6 Å². The Hall–Kier alpha value is -2.77. The molecule has 1 aliphatic heterocycles. The van der Waals surface area contributed by atoms with Gasteiger partial charge < -0.3 is 9.30 Å². The van der Waals surface area contributed by atoms with Crippen LogP contribution in [0, 0.1) is 17.1 Å². The van der Waals surface area contributed by atoms with Crippen molar-refractivity contribution in [2.45, 2.75) is 38.7 Å². The van der Waals surface area contributed by atoms with Crippen LogP contribution in [0.15, 0.2) is 30.6 Å². The fourth-order valence-electron chi connectivity index (χ4n) is 3.91. The Morgan fingerprint density at radius 1 is 1.29 bits per heavy atom. The lowest BCUT2D eigenvalue weighted by Gasteiger charge is -2.27. The maximum Gasteiger partial charge on any atom is 0.296 e. The third-order valence-electron chi connectivity index (χ3n) is 5.85. The molecule has 0 saturated carbocycles. The molecule has 1 aliphatic rings. The number of hydroxylamine groups is 2. The van der Waals surface area contributed by atoms with Crippen molar-refractivity contribution in [2.24, 2.45) is 0 Å². The highest BCUT2D eigenvalue weighted by Gasteiger charge is 2.29. The standard InChI is InChI=1S/C24H26ClFN4O3Si/c1-34(2,3)11-10-32-15-33-30-9-7-18-17-6-8-29(21(17)13-28-23(18)24(30)31)14-16-4-5-20(26)22(25)19(16)12-27/h4-6,8,13H,7,9-11,14-15H2,1-3H3. The van der Waals surface area contributed by atoms with Gasteiger partial charge in [-0.1, -0.05) is 37.3 Å². The third kappa shape index (κ3) is 5.00. The molecule has 0 aliphatic carbocycles. The number of carbonyl (C=O) groups is 1. The lowest BCUT2D eigenvalue weighted by atomic mass is 10.0. The highest BCUT2D eigenvalue weighted by Crippen LogP contribution is 2.29. The first-order valence-electron chi connectivity index (χ1n) is 11.1. The van der Waals surface area contributed by atoms with E-state index in [1.54, 1.807) is 12.3 Å². The zero-order chi connectivity index (χ0) is 24.5. The zero-order valence-corrected chi connectivity index (χ0v) is 21.2.